The highest BCUT2D eigenvalue weighted by atomic mass is 35.5. The van der Waals surface area contributed by atoms with E-state index in [1.807, 2.05) is 19.0 Å². The third-order valence-corrected chi connectivity index (χ3v) is 6.38. The number of anilines is 4. The number of likely N-dealkylation sites (N-methyl/N-ethyl adjacent to an activating group) is 1. The number of sulfonamides is 1. The van der Waals surface area contributed by atoms with Crippen molar-refractivity contribution in [1.82, 2.24) is 9.88 Å². The Bertz CT molecular complexity index is 1160. The van der Waals surface area contributed by atoms with Crippen molar-refractivity contribution in [3.63, 3.8) is 0 Å². The van der Waals surface area contributed by atoms with E-state index in [4.69, 9.17) is 11.6 Å². The molecule has 0 amide bonds. The second-order valence-electron chi connectivity index (χ2n) is 6.79. The number of benzene rings is 2. The van der Waals surface area contributed by atoms with E-state index < -0.39 is 26.6 Å². The molecule has 0 aliphatic carbocycles. The zero-order chi connectivity index (χ0) is 22.6. The van der Waals surface area contributed by atoms with Crippen molar-refractivity contribution < 1.29 is 17.2 Å². The summed E-state index contributed by atoms with van der Waals surface area (Å²) in [6.07, 6.45) is 0. The first-order valence-electron chi connectivity index (χ1n) is 9.01. The molecule has 13 heteroatoms. The molecule has 0 radical (unpaired) electrons. The Morgan fingerprint density at radius 3 is 2.53 bits per heavy atom. The minimum atomic E-state index is -4.22. The lowest BCUT2D eigenvalue weighted by molar-refractivity contribution is 0.425. The number of thiazole rings is 1. The SMILES string of the molecule is CN(C)CCNc1cc(F)ccc1Nc1cc(F)c(S(=O)(=O)Nc2cscn2)cc1Cl.Cl. The topological polar surface area (TPSA) is 86.4 Å². The monoisotopic (exact) mass is 523 g/mol. The molecule has 0 aliphatic rings. The molecule has 32 heavy (non-hydrogen) atoms. The summed E-state index contributed by atoms with van der Waals surface area (Å²) < 4.78 is 55.6. The maximum absolute atomic E-state index is 14.7. The smallest absolute Gasteiger partial charge is 0.266 e. The van der Waals surface area contributed by atoms with Crippen LogP contribution in [0.1, 0.15) is 0 Å². The first-order chi connectivity index (χ1) is 14.7. The highest BCUT2D eigenvalue weighted by molar-refractivity contribution is 7.92. The van der Waals surface area contributed by atoms with Gasteiger partial charge in [-0.15, -0.1) is 23.7 Å². The summed E-state index contributed by atoms with van der Waals surface area (Å²) in [7, 11) is -0.398. The van der Waals surface area contributed by atoms with Gasteiger partial charge in [0.1, 0.15) is 16.5 Å². The van der Waals surface area contributed by atoms with E-state index in [1.165, 1.54) is 40.4 Å². The van der Waals surface area contributed by atoms with Crippen molar-refractivity contribution in [3.05, 3.63) is 57.9 Å². The van der Waals surface area contributed by atoms with Gasteiger partial charge in [-0.1, -0.05) is 11.6 Å². The molecule has 174 valence electrons. The number of aromatic nitrogens is 1. The molecule has 0 fully saturated rings. The highest BCUT2D eigenvalue weighted by Crippen LogP contribution is 2.33. The second kappa shape index (κ2) is 11.1. The molecule has 0 saturated heterocycles. The van der Waals surface area contributed by atoms with Crippen molar-refractivity contribution in [2.45, 2.75) is 4.90 Å². The molecule has 0 unspecified atom stereocenters. The standard InChI is InChI=1S/C19H20ClF2N5O2S2.ClH/c1-27(2)6-5-23-17-7-12(21)3-4-15(17)25-16-9-14(22)18(8-13(16)20)31(28,29)26-19-10-30-11-24-19;/h3-4,7-11,23,25-26H,5-6H2,1-2H3;1H. The zero-order valence-corrected chi connectivity index (χ0v) is 20.2. The number of nitrogens with zero attached hydrogens (tertiary/aromatic N) is 2. The molecular formula is C19H21Cl2F2N5O2S2. The minimum Gasteiger partial charge on any atom is -0.382 e. The van der Waals surface area contributed by atoms with Crippen LogP contribution in [0.2, 0.25) is 5.02 Å². The Morgan fingerprint density at radius 1 is 1.12 bits per heavy atom. The molecular weight excluding hydrogens is 503 g/mol. The minimum absolute atomic E-state index is 0. The molecule has 0 aliphatic heterocycles. The van der Waals surface area contributed by atoms with Crippen LogP contribution in [0.5, 0.6) is 0 Å². The van der Waals surface area contributed by atoms with E-state index >= 15 is 0 Å². The average Bonchev–Trinajstić information content (AvgIpc) is 3.18. The fraction of sp³-hybridized carbons (Fsp3) is 0.211. The lowest BCUT2D eigenvalue weighted by atomic mass is 10.2. The van der Waals surface area contributed by atoms with Gasteiger partial charge in [0.15, 0.2) is 5.82 Å². The van der Waals surface area contributed by atoms with Gasteiger partial charge >= 0.3 is 0 Å². The van der Waals surface area contributed by atoms with Gasteiger partial charge in [-0.2, -0.15) is 0 Å². The molecule has 0 atom stereocenters. The van der Waals surface area contributed by atoms with Crippen molar-refractivity contribution in [2.75, 3.05) is 42.5 Å². The molecule has 3 rings (SSSR count). The van der Waals surface area contributed by atoms with Crippen molar-refractivity contribution in [1.29, 1.82) is 0 Å². The van der Waals surface area contributed by atoms with E-state index in [0.717, 1.165) is 12.1 Å². The predicted molar refractivity (Wildman–Crippen MR) is 128 cm³/mol. The van der Waals surface area contributed by atoms with Gasteiger partial charge in [-0.25, -0.2) is 22.2 Å². The molecule has 0 saturated carbocycles. The lowest BCUT2D eigenvalue weighted by Gasteiger charge is -2.17. The summed E-state index contributed by atoms with van der Waals surface area (Å²) in [4.78, 5) is 5.18. The molecule has 0 bridgehead atoms. The molecule has 3 aromatic rings. The quantitative estimate of drug-likeness (QED) is 0.365. The molecule has 2 aromatic carbocycles. The van der Waals surface area contributed by atoms with E-state index in [0.29, 0.717) is 24.5 Å². The highest BCUT2D eigenvalue weighted by Gasteiger charge is 2.22. The van der Waals surface area contributed by atoms with Crippen LogP contribution in [0.3, 0.4) is 0 Å². The normalized spacial score (nSPS) is 11.2. The van der Waals surface area contributed by atoms with Gasteiger partial charge in [0.25, 0.3) is 10.0 Å². The Labute approximate surface area is 200 Å². The first kappa shape index (κ1) is 26.1. The van der Waals surface area contributed by atoms with Crippen molar-refractivity contribution >= 4 is 68.2 Å². The Morgan fingerprint density at radius 2 is 1.88 bits per heavy atom. The van der Waals surface area contributed by atoms with Crippen LogP contribution in [0.15, 0.2) is 46.1 Å². The van der Waals surface area contributed by atoms with Gasteiger partial charge in [0, 0.05) is 24.5 Å². The third-order valence-electron chi connectivity index (χ3n) is 4.11. The van der Waals surface area contributed by atoms with Gasteiger partial charge < -0.3 is 15.5 Å². The molecule has 7 nitrogen and oxygen atoms in total. The molecule has 1 heterocycles. The van der Waals surface area contributed by atoms with Crippen LogP contribution in [-0.4, -0.2) is 45.5 Å². The summed E-state index contributed by atoms with van der Waals surface area (Å²) >= 11 is 7.43. The maximum Gasteiger partial charge on any atom is 0.266 e. The fourth-order valence-corrected chi connectivity index (χ4v) is 4.54. The Balaban J connectivity index is 0.00000363. The summed E-state index contributed by atoms with van der Waals surface area (Å²) in [5.41, 5.74) is 2.49. The predicted octanol–water partition coefficient (Wildman–Crippen LogP) is 5.01. The molecule has 1 aromatic heterocycles. The van der Waals surface area contributed by atoms with Gasteiger partial charge in [-0.05, 0) is 38.4 Å². The van der Waals surface area contributed by atoms with Gasteiger partial charge in [0.05, 0.1) is 27.6 Å². The van der Waals surface area contributed by atoms with E-state index in [9.17, 15) is 17.2 Å². The number of rotatable bonds is 9. The first-order valence-corrected chi connectivity index (χ1v) is 11.8. The lowest BCUT2D eigenvalue weighted by Crippen LogP contribution is -2.21. The van der Waals surface area contributed by atoms with E-state index in [-0.39, 0.29) is 28.9 Å². The fourth-order valence-electron chi connectivity index (χ4n) is 2.62. The van der Waals surface area contributed by atoms with Crippen LogP contribution in [0, 0.1) is 11.6 Å². The number of nitrogens with one attached hydrogen (secondary N) is 3. The van der Waals surface area contributed by atoms with E-state index in [2.05, 4.69) is 20.3 Å². The number of halogens is 4. The Kier molecular flexibility index (Phi) is 9.05. The second-order valence-corrected chi connectivity index (χ2v) is 9.56. The molecule has 3 N–H and O–H groups in total. The van der Waals surface area contributed by atoms with Crippen LogP contribution >= 0.6 is 35.3 Å². The van der Waals surface area contributed by atoms with Crippen molar-refractivity contribution in [2.24, 2.45) is 0 Å². The van der Waals surface area contributed by atoms with Crippen LogP contribution in [0.4, 0.5) is 31.7 Å². The number of hydrogen-bond acceptors (Lipinski definition) is 7. The van der Waals surface area contributed by atoms with E-state index in [1.54, 1.807) is 0 Å². The molecule has 0 spiro atoms. The van der Waals surface area contributed by atoms with Crippen LogP contribution in [-0.2, 0) is 10.0 Å². The summed E-state index contributed by atoms with van der Waals surface area (Å²) in [5.74, 6) is -1.36. The summed E-state index contributed by atoms with van der Waals surface area (Å²) in [6.45, 7) is 1.26. The summed E-state index contributed by atoms with van der Waals surface area (Å²) in [6, 6.07) is 6.02. The van der Waals surface area contributed by atoms with Gasteiger partial charge in [-0.3, -0.25) is 4.72 Å². The summed E-state index contributed by atoms with van der Waals surface area (Å²) in [5, 5.41) is 7.49. The zero-order valence-electron chi connectivity index (χ0n) is 17.0. The average molecular weight is 524 g/mol. The maximum atomic E-state index is 14.7. The largest absolute Gasteiger partial charge is 0.382 e. The van der Waals surface area contributed by atoms with Crippen LogP contribution in [0.25, 0.3) is 0 Å². The van der Waals surface area contributed by atoms with Crippen LogP contribution < -0.4 is 15.4 Å². The number of hydrogen-bond donors (Lipinski definition) is 3. The van der Waals surface area contributed by atoms with Gasteiger partial charge in [0.2, 0.25) is 0 Å². The third kappa shape index (κ3) is 6.66. The Hall–Kier alpha value is -2.18. The van der Waals surface area contributed by atoms with Crippen molar-refractivity contribution in [3.8, 4) is 0 Å².